The monoisotopic (exact) mass is 502 g/mol. The first-order chi connectivity index (χ1) is 17.6. The van der Waals surface area contributed by atoms with Gasteiger partial charge in [0.1, 0.15) is 17.0 Å². The number of H-pyrrole nitrogens is 1. The molecule has 0 saturated heterocycles. The zero-order chi connectivity index (χ0) is 26.3. The maximum atomic E-state index is 15.0. The molecule has 4 aromatic heterocycles. The number of imidazole rings is 1. The summed E-state index contributed by atoms with van der Waals surface area (Å²) < 4.78 is 21.3. The third kappa shape index (κ3) is 4.73. The molecule has 0 aliphatic heterocycles. The predicted molar refractivity (Wildman–Crippen MR) is 132 cm³/mol. The minimum Gasteiger partial charge on any atom is -0.344 e. The van der Waals surface area contributed by atoms with Gasteiger partial charge >= 0.3 is 11.8 Å². The van der Waals surface area contributed by atoms with E-state index in [1.165, 1.54) is 16.8 Å². The first-order valence-electron chi connectivity index (χ1n) is 11.4. The largest absolute Gasteiger partial charge is 0.344 e. The first kappa shape index (κ1) is 24.0. The van der Waals surface area contributed by atoms with E-state index in [1.807, 2.05) is 20.8 Å². The van der Waals surface area contributed by atoms with Gasteiger partial charge < -0.3 is 14.8 Å². The van der Waals surface area contributed by atoms with Crippen LogP contribution in [0.25, 0.3) is 33.8 Å². The smallest absolute Gasteiger partial charge is 0.315 e. The molecule has 0 aliphatic rings. The fourth-order valence-corrected chi connectivity index (χ4v) is 3.62. The molecule has 0 bridgehead atoms. The summed E-state index contributed by atoms with van der Waals surface area (Å²) in [5.74, 6) is -0.424. The Morgan fingerprint density at radius 1 is 1.16 bits per heavy atom. The van der Waals surface area contributed by atoms with Crippen LogP contribution in [-0.2, 0) is 19.0 Å². The van der Waals surface area contributed by atoms with Gasteiger partial charge in [0.2, 0.25) is 0 Å². The quantitative estimate of drug-likeness (QED) is 0.373. The summed E-state index contributed by atoms with van der Waals surface area (Å²) in [6, 6.07) is 9.41. The topological polar surface area (TPSA) is 144 Å². The molecule has 0 saturated carbocycles. The van der Waals surface area contributed by atoms with E-state index in [2.05, 4.69) is 35.5 Å². The van der Waals surface area contributed by atoms with Gasteiger partial charge in [0, 0.05) is 42.4 Å². The Morgan fingerprint density at radius 3 is 2.68 bits per heavy atom. The molecular formula is C25H23FN8O3. The lowest BCUT2D eigenvalue weighted by atomic mass is 9.96. The second-order valence-electron chi connectivity index (χ2n) is 9.48. The number of hydrogen-bond acceptors (Lipinski definition) is 8. The number of benzene rings is 1. The number of nitrogens with zero attached hydrogens (tertiary/aromatic N) is 6. The van der Waals surface area contributed by atoms with Gasteiger partial charge in [-0.3, -0.25) is 9.59 Å². The maximum Gasteiger partial charge on any atom is 0.315 e. The number of aryl methyl sites for hydroxylation is 1. The highest BCUT2D eigenvalue weighted by molar-refractivity contribution is 5.91. The predicted octanol–water partition coefficient (Wildman–Crippen LogP) is 3.14. The Hall–Kier alpha value is -4.74. The highest BCUT2D eigenvalue weighted by atomic mass is 19.1. The van der Waals surface area contributed by atoms with E-state index in [0.717, 1.165) is 0 Å². The summed E-state index contributed by atoms with van der Waals surface area (Å²) in [6.07, 6.45) is 1.59. The van der Waals surface area contributed by atoms with Crippen molar-refractivity contribution in [2.75, 3.05) is 0 Å². The number of pyridine rings is 1. The molecule has 4 heterocycles. The molecule has 0 atom stereocenters. The van der Waals surface area contributed by atoms with E-state index < -0.39 is 11.7 Å². The van der Waals surface area contributed by atoms with E-state index >= 15 is 4.39 Å². The maximum absolute atomic E-state index is 15.0. The minimum atomic E-state index is -0.585. The van der Waals surface area contributed by atoms with Crippen molar-refractivity contribution < 1.29 is 13.7 Å². The van der Waals surface area contributed by atoms with Crippen LogP contribution in [0.2, 0.25) is 0 Å². The summed E-state index contributed by atoms with van der Waals surface area (Å²) in [5.41, 5.74) is 2.42. The van der Waals surface area contributed by atoms with Gasteiger partial charge in [0.15, 0.2) is 17.3 Å². The number of carbonyl (C=O) groups excluding carboxylic acids is 1. The highest BCUT2D eigenvalue weighted by Crippen LogP contribution is 2.29. The molecule has 0 aliphatic carbocycles. The van der Waals surface area contributed by atoms with Crippen molar-refractivity contribution in [3.8, 4) is 22.6 Å². The van der Waals surface area contributed by atoms with Crippen LogP contribution in [0, 0.1) is 5.82 Å². The van der Waals surface area contributed by atoms with Gasteiger partial charge in [0.05, 0.1) is 0 Å². The molecule has 1 amide bonds. The van der Waals surface area contributed by atoms with Crippen LogP contribution in [0.5, 0.6) is 0 Å². The molecule has 5 aromatic rings. The summed E-state index contributed by atoms with van der Waals surface area (Å²) in [4.78, 5) is 40.2. The summed E-state index contributed by atoms with van der Waals surface area (Å²) in [7, 11) is 1.55. The Bertz CT molecular complexity index is 1700. The third-order valence-electron chi connectivity index (χ3n) is 5.68. The van der Waals surface area contributed by atoms with Crippen LogP contribution in [0.15, 0.2) is 51.9 Å². The molecule has 5 rings (SSSR count). The van der Waals surface area contributed by atoms with Crippen molar-refractivity contribution in [1.82, 2.24) is 40.2 Å². The van der Waals surface area contributed by atoms with E-state index in [4.69, 9.17) is 4.52 Å². The average molecular weight is 503 g/mol. The van der Waals surface area contributed by atoms with Crippen molar-refractivity contribution in [2.24, 2.45) is 7.05 Å². The van der Waals surface area contributed by atoms with Crippen LogP contribution < -0.4 is 10.9 Å². The van der Waals surface area contributed by atoms with Crippen LogP contribution in [0.4, 0.5) is 4.39 Å². The van der Waals surface area contributed by atoms with E-state index in [1.54, 1.807) is 37.5 Å². The van der Waals surface area contributed by atoms with Gasteiger partial charge in [-0.15, -0.1) is 0 Å². The highest BCUT2D eigenvalue weighted by Gasteiger charge is 2.24. The molecule has 12 heteroatoms. The van der Waals surface area contributed by atoms with Crippen LogP contribution in [0.1, 0.15) is 42.8 Å². The number of fused-ring (bicyclic) bond motifs is 1. The molecule has 188 valence electrons. The second kappa shape index (κ2) is 9.04. The van der Waals surface area contributed by atoms with Gasteiger partial charge in [-0.05, 0) is 23.8 Å². The molecule has 2 N–H and O–H groups in total. The second-order valence-corrected chi connectivity index (χ2v) is 9.48. The SMILES string of the molecule is Cn1nc(-c2nc3c(-c4ccc(CNC(=O)c5nc(C(C)(C)C)no5)c(F)c4)ccnc3[nH]2)ccc1=O. The summed E-state index contributed by atoms with van der Waals surface area (Å²) in [6.45, 7) is 5.64. The standard InChI is InChI=1S/C25H23FN8O3/c1-25(2,3)24-31-23(37-33-24)22(36)28-12-14-6-5-13(11-16(14)26)15-9-10-27-21-19(15)29-20(30-21)17-7-8-18(35)34(4)32-17/h5-11H,12H2,1-4H3,(H,28,36)(H,27,29,30). The Morgan fingerprint density at radius 2 is 1.97 bits per heavy atom. The molecule has 37 heavy (non-hydrogen) atoms. The zero-order valence-corrected chi connectivity index (χ0v) is 20.5. The summed E-state index contributed by atoms with van der Waals surface area (Å²) >= 11 is 0. The van der Waals surface area contributed by atoms with Crippen molar-refractivity contribution in [3.05, 3.63) is 76.0 Å². The Balaban J connectivity index is 1.37. The average Bonchev–Trinajstić information content (AvgIpc) is 3.52. The number of hydrogen-bond donors (Lipinski definition) is 2. The third-order valence-corrected chi connectivity index (χ3v) is 5.68. The van der Waals surface area contributed by atoms with Gasteiger partial charge in [-0.2, -0.15) is 10.1 Å². The molecular weight excluding hydrogens is 479 g/mol. The minimum absolute atomic E-state index is 0.0606. The Labute approximate surface area is 209 Å². The lowest BCUT2D eigenvalue weighted by molar-refractivity contribution is 0.0906. The normalized spacial score (nSPS) is 11.7. The van der Waals surface area contributed by atoms with Crippen molar-refractivity contribution >= 4 is 17.1 Å². The molecule has 0 radical (unpaired) electrons. The first-order valence-corrected chi connectivity index (χ1v) is 11.4. The number of rotatable bonds is 5. The fraction of sp³-hybridized carbons (Fsp3) is 0.240. The molecule has 1 aromatic carbocycles. The molecule has 0 spiro atoms. The number of aromatic amines is 1. The van der Waals surface area contributed by atoms with Crippen molar-refractivity contribution in [1.29, 1.82) is 0 Å². The van der Waals surface area contributed by atoms with Crippen molar-refractivity contribution in [3.63, 3.8) is 0 Å². The number of aromatic nitrogens is 7. The number of nitrogens with one attached hydrogen (secondary N) is 2. The number of carbonyl (C=O) groups is 1. The molecule has 11 nitrogen and oxygen atoms in total. The van der Waals surface area contributed by atoms with E-state index in [-0.39, 0.29) is 29.0 Å². The van der Waals surface area contributed by atoms with Crippen LogP contribution >= 0.6 is 0 Å². The fourth-order valence-electron chi connectivity index (χ4n) is 3.62. The van der Waals surface area contributed by atoms with Crippen molar-refractivity contribution in [2.45, 2.75) is 32.7 Å². The van der Waals surface area contributed by atoms with E-state index in [0.29, 0.717) is 39.6 Å². The van der Waals surface area contributed by atoms with Gasteiger partial charge in [-0.25, -0.2) is 19.0 Å². The lowest BCUT2D eigenvalue weighted by Gasteiger charge is -2.10. The van der Waals surface area contributed by atoms with E-state index in [9.17, 15) is 9.59 Å². The van der Waals surface area contributed by atoms with Crippen LogP contribution in [-0.4, -0.2) is 40.8 Å². The lowest BCUT2D eigenvalue weighted by Crippen LogP contribution is -2.24. The van der Waals surface area contributed by atoms with Gasteiger partial charge in [-0.1, -0.05) is 38.1 Å². The Kier molecular flexibility index (Phi) is 5.86. The summed E-state index contributed by atoms with van der Waals surface area (Å²) in [5, 5.41) is 10.6. The molecule has 0 unspecified atom stereocenters. The number of halogens is 1. The zero-order valence-electron chi connectivity index (χ0n) is 20.5. The number of amides is 1. The van der Waals surface area contributed by atoms with Gasteiger partial charge in [0.25, 0.3) is 5.56 Å². The molecule has 0 fully saturated rings. The van der Waals surface area contributed by atoms with Crippen LogP contribution in [0.3, 0.4) is 0 Å².